The fraction of sp³-hybridized carbons (Fsp3) is 0.455. The van der Waals surface area contributed by atoms with Crippen molar-refractivity contribution in [1.82, 2.24) is 0 Å². The summed E-state index contributed by atoms with van der Waals surface area (Å²) < 4.78 is 17.1. The van der Waals surface area contributed by atoms with E-state index in [1.807, 2.05) is 49.4 Å². The molecule has 0 radical (unpaired) electrons. The molecule has 4 heteroatoms. The van der Waals surface area contributed by atoms with Crippen LogP contribution in [0.3, 0.4) is 0 Å². The van der Waals surface area contributed by atoms with Gasteiger partial charge in [-0.25, -0.2) is 0 Å². The predicted octanol–water partition coefficient (Wildman–Crippen LogP) is 5.14. The molecule has 0 amide bonds. The van der Waals surface area contributed by atoms with Crippen molar-refractivity contribution in [2.75, 3.05) is 31.7 Å². The minimum Gasteiger partial charge on any atom is -0.493 e. The van der Waals surface area contributed by atoms with Crippen LogP contribution in [-0.4, -0.2) is 26.4 Å². The van der Waals surface area contributed by atoms with Crippen LogP contribution in [0.4, 0.5) is 5.69 Å². The highest BCUT2D eigenvalue weighted by molar-refractivity contribution is 5.56. The molecule has 2 rings (SSSR count). The molecule has 0 unspecified atom stereocenters. The summed E-state index contributed by atoms with van der Waals surface area (Å²) in [4.78, 5) is 0. The van der Waals surface area contributed by atoms with Gasteiger partial charge >= 0.3 is 0 Å². The van der Waals surface area contributed by atoms with Gasteiger partial charge in [0.15, 0.2) is 0 Å². The Hall–Kier alpha value is -2.20. The lowest BCUT2D eigenvalue weighted by Gasteiger charge is -2.16. The van der Waals surface area contributed by atoms with E-state index in [2.05, 4.69) is 25.2 Å². The highest BCUT2D eigenvalue weighted by atomic mass is 16.5. The number of ether oxygens (including phenoxy) is 3. The molecule has 0 spiro atoms. The van der Waals surface area contributed by atoms with Crippen LogP contribution in [0.15, 0.2) is 48.5 Å². The fourth-order valence-corrected chi connectivity index (χ4v) is 2.48. The number of benzene rings is 2. The molecule has 26 heavy (non-hydrogen) atoms. The Morgan fingerprint density at radius 3 is 2.31 bits per heavy atom. The Balaban J connectivity index is 1.94. The molecule has 0 saturated carbocycles. The molecule has 0 aliphatic heterocycles. The monoisotopic (exact) mass is 357 g/mol. The third-order valence-electron chi connectivity index (χ3n) is 3.97. The van der Waals surface area contributed by atoms with E-state index in [1.165, 1.54) is 0 Å². The minimum absolute atomic E-state index is 0.543. The van der Waals surface area contributed by atoms with Crippen LogP contribution >= 0.6 is 0 Å². The first-order chi connectivity index (χ1) is 12.7. The number of anilines is 1. The quantitative estimate of drug-likeness (QED) is 0.534. The molecule has 2 aromatic carbocycles. The van der Waals surface area contributed by atoms with Crippen molar-refractivity contribution in [2.45, 2.75) is 33.7 Å². The smallest absolute Gasteiger partial charge is 0.142 e. The van der Waals surface area contributed by atoms with Gasteiger partial charge in [-0.1, -0.05) is 44.2 Å². The van der Waals surface area contributed by atoms with Crippen LogP contribution in [-0.2, 0) is 11.3 Å². The van der Waals surface area contributed by atoms with Gasteiger partial charge in [0.25, 0.3) is 0 Å². The summed E-state index contributed by atoms with van der Waals surface area (Å²) in [6, 6.07) is 16.2. The second-order valence-electron chi connectivity index (χ2n) is 6.53. The Labute approximate surface area is 157 Å². The molecule has 0 bridgehead atoms. The summed E-state index contributed by atoms with van der Waals surface area (Å²) >= 11 is 0. The topological polar surface area (TPSA) is 39.7 Å². The van der Waals surface area contributed by atoms with E-state index < -0.39 is 0 Å². The van der Waals surface area contributed by atoms with Crippen LogP contribution in [0, 0.1) is 5.92 Å². The summed E-state index contributed by atoms with van der Waals surface area (Å²) in [5.74, 6) is 2.42. The summed E-state index contributed by atoms with van der Waals surface area (Å²) in [5, 5.41) is 3.46. The maximum absolute atomic E-state index is 5.97. The van der Waals surface area contributed by atoms with Gasteiger partial charge in [-0.05, 0) is 37.5 Å². The van der Waals surface area contributed by atoms with Crippen LogP contribution in [0.25, 0.3) is 0 Å². The van der Waals surface area contributed by atoms with Crippen molar-refractivity contribution in [3.8, 4) is 11.5 Å². The maximum atomic E-state index is 5.97. The average molecular weight is 357 g/mol. The second kappa shape index (κ2) is 11.4. The summed E-state index contributed by atoms with van der Waals surface area (Å²) in [6.45, 7) is 9.67. The number of para-hydroxylation sites is 3. The molecular formula is C22H31NO3. The predicted molar refractivity (Wildman–Crippen MR) is 107 cm³/mol. The van der Waals surface area contributed by atoms with Gasteiger partial charge in [-0.2, -0.15) is 0 Å². The third kappa shape index (κ3) is 6.96. The zero-order valence-corrected chi connectivity index (χ0v) is 16.2. The van der Waals surface area contributed by atoms with E-state index >= 15 is 0 Å². The maximum Gasteiger partial charge on any atom is 0.142 e. The van der Waals surface area contributed by atoms with Gasteiger partial charge < -0.3 is 19.5 Å². The normalized spacial score (nSPS) is 10.8. The molecule has 4 nitrogen and oxygen atoms in total. The van der Waals surface area contributed by atoms with E-state index in [-0.39, 0.29) is 0 Å². The van der Waals surface area contributed by atoms with Crippen LogP contribution in [0.1, 0.15) is 32.8 Å². The third-order valence-corrected chi connectivity index (χ3v) is 3.97. The standard InChI is InChI=1S/C22H31NO3/c1-4-24-15-16-26-22-12-8-6-10-20(22)23-17-19-9-5-7-11-21(19)25-14-13-18(2)3/h5-12,18,23H,4,13-17H2,1-3H3. The van der Waals surface area contributed by atoms with Gasteiger partial charge in [0.1, 0.15) is 18.1 Å². The number of nitrogens with one attached hydrogen (secondary N) is 1. The Kier molecular flexibility index (Phi) is 8.84. The van der Waals surface area contributed by atoms with E-state index in [9.17, 15) is 0 Å². The molecule has 0 heterocycles. The first-order valence-electron chi connectivity index (χ1n) is 9.44. The van der Waals surface area contributed by atoms with Crippen molar-refractivity contribution in [3.63, 3.8) is 0 Å². The van der Waals surface area contributed by atoms with Gasteiger partial charge in [-0.15, -0.1) is 0 Å². The fourth-order valence-electron chi connectivity index (χ4n) is 2.48. The zero-order chi connectivity index (χ0) is 18.6. The van der Waals surface area contributed by atoms with E-state index in [4.69, 9.17) is 14.2 Å². The number of rotatable bonds is 12. The van der Waals surface area contributed by atoms with Gasteiger partial charge in [0.05, 0.1) is 18.9 Å². The zero-order valence-electron chi connectivity index (χ0n) is 16.2. The molecule has 0 fully saturated rings. The molecule has 2 aromatic rings. The Bertz CT molecular complexity index is 643. The lowest BCUT2D eigenvalue weighted by molar-refractivity contribution is 0.110. The van der Waals surface area contributed by atoms with E-state index in [0.29, 0.717) is 32.3 Å². The highest BCUT2D eigenvalue weighted by Gasteiger charge is 2.07. The molecular weight excluding hydrogens is 326 g/mol. The number of hydrogen-bond donors (Lipinski definition) is 1. The molecule has 0 aromatic heterocycles. The molecule has 1 N–H and O–H groups in total. The van der Waals surface area contributed by atoms with Crippen molar-refractivity contribution in [1.29, 1.82) is 0 Å². The molecule has 142 valence electrons. The average Bonchev–Trinajstić information content (AvgIpc) is 2.65. The molecule has 0 atom stereocenters. The number of hydrogen-bond acceptors (Lipinski definition) is 4. The van der Waals surface area contributed by atoms with Crippen molar-refractivity contribution in [3.05, 3.63) is 54.1 Å². The lowest BCUT2D eigenvalue weighted by Crippen LogP contribution is -2.09. The van der Waals surface area contributed by atoms with Gasteiger partial charge in [-0.3, -0.25) is 0 Å². The second-order valence-corrected chi connectivity index (χ2v) is 6.53. The lowest BCUT2D eigenvalue weighted by atomic mass is 10.1. The van der Waals surface area contributed by atoms with Crippen molar-refractivity contribution in [2.24, 2.45) is 5.92 Å². The first kappa shape index (κ1) is 20.1. The van der Waals surface area contributed by atoms with Crippen LogP contribution < -0.4 is 14.8 Å². The van der Waals surface area contributed by atoms with Gasteiger partial charge in [0.2, 0.25) is 0 Å². The van der Waals surface area contributed by atoms with E-state index in [0.717, 1.165) is 35.8 Å². The van der Waals surface area contributed by atoms with Gasteiger partial charge in [0, 0.05) is 18.7 Å². The Morgan fingerprint density at radius 2 is 1.54 bits per heavy atom. The summed E-state index contributed by atoms with van der Waals surface area (Å²) in [6.07, 6.45) is 1.05. The Morgan fingerprint density at radius 1 is 0.846 bits per heavy atom. The first-order valence-corrected chi connectivity index (χ1v) is 9.44. The van der Waals surface area contributed by atoms with Crippen molar-refractivity contribution >= 4 is 5.69 Å². The summed E-state index contributed by atoms with van der Waals surface area (Å²) in [7, 11) is 0. The van der Waals surface area contributed by atoms with Crippen LogP contribution in [0.2, 0.25) is 0 Å². The largest absolute Gasteiger partial charge is 0.493 e. The van der Waals surface area contributed by atoms with E-state index in [1.54, 1.807) is 0 Å². The molecule has 0 aliphatic carbocycles. The molecule has 0 aliphatic rings. The highest BCUT2D eigenvalue weighted by Crippen LogP contribution is 2.26. The summed E-state index contributed by atoms with van der Waals surface area (Å²) in [5.41, 5.74) is 2.11. The van der Waals surface area contributed by atoms with Crippen LogP contribution in [0.5, 0.6) is 11.5 Å². The van der Waals surface area contributed by atoms with Crippen molar-refractivity contribution < 1.29 is 14.2 Å². The molecule has 0 saturated heterocycles. The SMILES string of the molecule is CCOCCOc1ccccc1NCc1ccccc1OCCC(C)C. The minimum atomic E-state index is 0.543.